The van der Waals surface area contributed by atoms with Crippen LogP contribution in [0.3, 0.4) is 0 Å². The van der Waals surface area contributed by atoms with Gasteiger partial charge in [-0.1, -0.05) is 211 Å². The molecule has 11 aromatic carbocycles. The molecule has 17 rings (SSSR count). The summed E-state index contributed by atoms with van der Waals surface area (Å²) >= 11 is 0. The summed E-state index contributed by atoms with van der Waals surface area (Å²) in [6, 6.07) is 78.8. The minimum absolute atomic E-state index is 0. The molecule has 101 heavy (non-hydrogen) atoms. The number of pyridine rings is 1. The Morgan fingerprint density at radius 1 is 0.475 bits per heavy atom. The number of furan rings is 1. The Bertz CT molecular complexity index is 6110. The zero-order chi connectivity index (χ0) is 74.3. The number of ether oxygens (including phenoxy) is 1. The van der Waals surface area contributed by atoms with E-state index in [-0.39, 0.29) is 64.8 Å². The minimum Gasteiger partial charge on any atom is -0.510 e. The topological polar surface area (TPSA) is 49.0 Å². The average Bonchev–Trinajstić information content (AvgIpc) is 1.62. The van der Waals surface area contributed by atoms with Gasteiger partial charge in [0.15, 0.2) is 0 Å². The number of nitrogens with zero attached hydrogens (tertiary/aromatic N) is 4. The van der Waals surface area contributed by atoms with Crippen LogP contribution in [0.4, 0.5) is 0 Å². The minimum atomic E-state index is -2.71. The van der Waals surface area contributed by atoms with Gasteiger partial charge in [-0.2, -0.15) is 18.2 Å². The summed E-state index contributed by atoms with van der Waals surface area (Å²) in [6.45, 7) is 24.1. The molecule has 0 saturated heterocycles. The second-order valence-corrected chi connectivity index (χ2v) is 32.3. The van der Waals surface area contributed by atoms with Crippen LogP contribution in [0, 0.1) is 32.2 Å². The second-order valence-electron chi connectivity index (χ2n) is 32.3. The van der Waals surface area contributed by atoms with E-state index in [9.17, 15) is 8.22 Å². The summed E-state index contributed by atoms with van der Waals surface area (Å²) in [5.41, 5.74) is 20.8. The average molecular weight is 1500 g/mol. The largest absolute Gasteiger partial charge is 0.510 e. The van der Waals surface area contributed by atoms with Gasteiger partial charge in [-0.15, -0.1) is 29.7 Å². The molecule has 0 saturated carbocycles. The number of hydrogen-bond acceptors (Lipinski definition) is 3. The van der Waals surface area contributed by atoms with E-state index in [0.29, 0.717) is 22.7 Å². The van der Waals surface area contributed by atoms with Crippen molar-refractivity contribution in [2.75, 3.05) is 0 Å². The van der Waals surface area contributed by atoms with Crippen LogP contribution in [0.2, 0.25) is 0 Å². The third kappa shape index (κ3) is 11.0. The Labute approximate surface area is 617 Å². The molecule has 0 fully saturated rings. The molecule has 5 heterocycles. The molecule has 1 aliphatic carbocycles. The van der Waals surface area contributed by atoms with Gasteiger partial charge in [-0.25, -0.2) is 4.98 Å². The van der Waals surface area contributed by atoms with Crippen LogP contribution in [0.1, 0.15) is 150 Å². The van der Waals surface area contributed by atoms with Crippen LogP contribution in [0.15, 0.2) is 217 Å². The predicted octanol–water partition coefficient (Wildman–Crippen LogP) is 24.7. The van der Waals surface area contributed by atoms with Crippen molar-refractivity contribution in [3.8, 4) is 95.5 Å². The standard InChI is InChI=1S/C94H84N4O2.Pt/c1-56-24-22-25-57(2)87(56)61-46-73(60-42-63(91(6,7)8)49-64(43-60)92(9,10)11)88-78(47-61)75-54-80-79(93(12,13)39-40-94(80,14)15)53-74(75)68-28-16-17-29-69(68)77-45-59(58-34-37-85-76(44-58)72-31-19-21-33-84(72)100-85)48-83-89(77)97(88)55-96(83)65-26-23-27-66(51-65)99-67-35-36-71-70-30-18-20-32-81(70)98(82(71)52-67)86-50-62(38-41-95-86)90(3,4)5;/h16-38,41-50,53-54H,39-40H2,1-15H3;/q-2;/i1D3,2D3;. The number of benzene rings is 11. The van der Waals surface area contributed by atoms with Crippen LogP contribution in [0.5, 0.6) is 11.5 Å². The maximum Gasteiger partial charge on any atom is 0.268 e. The molecule has 0 bridgehead atoms. The van der Waals surface area contributed by atoms with Gasteiger partial charge in [-0.05, 0) is 231 Å². The van der Waals surface area contributed by atoms with E-state index in [1.807, 2.05) is 42.6 Å². The number of aromatic nitrogens is 4. The summed E-state index contributed by atoms with van der Waals surface area (Å²) < 4.78 is 75.5. The van der Waals surface area contributed by atoms with Crippen LogP contribution >= 0.6 is 0 Å². The van der Waals surface area contributed by atoms with Crippen molar-refractivity contribution in [2.45, 2.75) is 144 Å². The number of fused-ring (bicyclic) bond motifs is 14. The molecular weight excluding hydrogens is 1410 g/mol. The third-order valence-electron chi connectivity index (χ3n) is 21.5. The first-order valence-corrected chi connectivity index (χ1v) is 35.0. The van der Waals surface area contributed by atoms with Crippen LogP contribution in [-0.4, -0.2) is 14.1 Å². The number of rotatable bonds is 7. The molecule has 15 aromatic rings. The van der Waals surface area contributed by atoms with E-state index in [1.165, 1.54) is 11.1 Å². The van der Waals surface area contributed by atoms with Gasteiger partial charge < -0.3 is 18.3 Å². The van der Waals surface area contributed by atoms with E-state index < -0.39 is 13.7 Å². The Morgan fingerprint density at radius 2 is 1.09 bits per heavy atom. The Balaban J connectivity index is 0.00000876. The molecule has 504 valence electrons. The molecule has 0 atom stereocenters. The zero-order valence-electron chi connectivity index (χ0n) is 65.5. The fraction of sp³-hybridized carbons (Fsp3) is 0.234. The second kappa shape index (κ2) is 23.6. The first kappa shape index (κ1) is 58.9. The van der Waals surface area contributed by atoms with Crippen LogP contribution < -0.4 is 9.30 Å². The zero-order valence-corrected chi connectivity index (χ0v) is 61.8. The molecular formula is C94H84N4O2Pt-2. The molecule has 0 N–H and O–H groups in total. The van der Waals surface area contributed by atoms with E-state index in [0.717, 1.165) is 151 Å². The first-order chi connectivity index (χ1) is 50.2. The Morgan fingerprint density at radius 3 is 1.79 bits per heavy atom. The van der Waals surface area contributed by atoms with Crippen molar-refractivity contribution in [1.82, 2.24) is 14.1 Å². The van der Waals surface area contributed by atoms with Gasteiger partial charge in [0.1, 0.15) is 17.0 Å². The van der Waals surface area contributed by atoms with E-state index in [1.54, 1.807) is 18.2 Å². The van der Waals surface area contributed by atoms with Crippen molar-refractivity contribution in [2.24, 2.45) is 0 Å². The van der Waals surface area contributed by atoms with Crippen LogP contribution in [0.25, 0.3) is 139 Å². The molecule has 1 aliphatic heterocycles. The van der Waals surface area contributed by atoms with E-state index >= 15 is 0 Å². The molecule has 6 nitrogen and oxygen atoms in total. The number of hydrogen-bond donors (Lipinski definition) is 0. The number of para-hydroxylation sites is 2. The number of aryl methyl sites for hydroxylation is 2. The maximum atomic E-state index is 9.24. The third-order valence-corrected chi connectivity index (χ3v) is 21.5. The summed E-state index contributed by atoms with van der Waals surface area (Å²) in [5.74, 6) is 1.73. The fourth-order valence-corrected chi connectivity index (χ4v) is 15.7. The molecule has 0 radical (unpaired) electrons. The van der Waals surface area contributed by atoms with Gasteiger partial charge in [-0.3, -0.25) is 4.57 Å². The van der Waals surface area contributed by atoms with Crippen molar-refractivity contribution in [3.05, 3.63) is 270 Å². The monoisotopic (exact) mass is 1500 g/mol. The number of imidazole rings is 1. The normalized spacial score (nSPS) is 15.2. The van der Waals surface area contributed by atoms with Gasteiger partial charge >= 0.3 is 0 Å². The molecule has 0 amide bonds. The van der Waals surface area contributed by atoms with Crippen LogP contribution in [-0.2, 0) is 48.1 Å². The van der Waals surface area contributed by atoms with Gasteiger partial charge in [0.2, 0.25) is 0 Å². The van der Waals surface area contributed by atoms with E-state index in [2.05, 4.69) is 274 Å². The first-order valence-electron chi connectivity index (χ1n) is 38.0. The fourth-order valence-electron chi connectivity index (χ4n) is 15.7. The van der Waals surface area contributed by atoms with Crippen molar-refractivity contribution in [3.63, 3.8) is 0 Å². The molecule has 0 spiro atoms. The summed E-state index contributed by atoms with van der Waals surface area (Å²) in [4.78, 5) is 4.96. The van der Waals surface area contributed by atoms with Crippen molar-refractivity contribution < 1.29 is 43.0 Å². The Kier molecular flexibility index (Phi) is 13.8. The molecule has 2 aliphatic rings. The summed E-state index contributed by atoms with van der Waals surface area (Å²) in [6.07, 6.45) is 7.93. The van der Waals surface area contributed by atoms with Crippen molar-refractivity contribution in [1.29, 1.82) is 0 Å². The predicted molar refractivity (Wildman–Crippen MR) is 414 cm³/mol. The van der Waals surface area contributed by atoms with Crippen molar-refractivity contribution >= 4 is 54.8 Å². The van der Waals surface area contributed by atoms with Gasteiger partial charge in [0, 0.05) is 63.3 Å². The summed E-state index contributed by atoms with van der Waals surface area (Å²) in [7, 11) is 0. The Hall–Kier alpha value is -9.87. The smallest absolute Gasteiger partial charge is 0.268 e. The molecule has 0 unspecified atom stereocenters. The quantitative estimate of drug-likeness (QED) is 0.118. The SMILES string of the molecule is [2H]C([2H])([2H])c1cccc(C([2H])([2H])[2H])c1-c1cc(-c2cc(C(C)(C)C)cc(C(C)(C)C)c2)c2c(c1)-c1cc3c(cc1-c1ccccc1-c1cc(-c4ccc5oc6ccccc6c5c4)cc4c1[n+]-2[c-]n4-c1[c-]c(Oc2[c-]c4c(cc2)c2ccccc2n4-c2cc(C(C)(C)C)ccn2)ccc1)C(C)(C)CCC3(C)C.[Pt]. The van der Waals surface area contributed by atoms with E-state index in [4.69, 9.17) is 14.1 Å². The maximum absolute atomic E-state index is 9.24. The summed E-state index contributed by atoms with van der Waals surface area (Å²) in [5, 5.41) is 4.12. The van der Waals surface area contributed by atoms with Gasteiger partial charge in [0.25, 0.3) is 6.33 Å². The van der Waals surface area contributed by atoms with Gasteiger partial charge in [0.05, 0.1) is 16.7 Å². The molecule has 7 heteroatoms. The molecule has 4 aromatic heterocycles.